The van der Waals surface area contributed by atoms with E-state index < -0.39 is 5.60 Å². The van der Waals surface area contributed by atoms with E-state index in [2.05, 4.69) is 6.92 Å². The van der Waals surface area contributed by atoms with Gasteiger partial charge in [-0.15, -0.1) is 0 Å². The van der Waals surface area contributed by atoms with Crippen molar-refractivity contribution in [1.29, 1.82) is 0 Å². The third-order valence-corrected chi connectivity index (χ3v) is 4.74. The molecule has 0 radical (unpaired) electrons. The van der Waals surface area contributed by atoms with E-state index in [1.807, 2.05) is 39.0 Å². The maximum Gasteiger partial charge on any atom is 0.338 e. The van der Waals surface area contributed by atoms with Crippen LogP contribution in [0.15, 0.2) is 18.2 Å². The molecule has 1 fully saturated rings. The van der Waals surface area contributed by atoms with Gasteiger partial charge in [-0.2, -0.15) is 0 Å². The highest BCUT2D eigenvalue weighted by Crippen LogP contribution is 2.39. The first-order valence-corrected chi connectivity index (χ1v) is 8.75. The zero-order valence-corrected chi connectivity index (χ0v) is 15.1. The first-order valence-electron chi connectivity index (χ1n) is 8.75. The van der Waals surface area contributed by atoms with Crippen LogP contribution in [0.2, 0.25) is 0 Å². The van der Waals surface area contributed by atoms with Crippen LogP contribution in [-0.4, -0.2) is 18.7 Å². The van der Waals surface area contributed by atoms with E-state index in [0.29, 0.717) is 11.5 Å². The summed E-state index contributed by atoms with van der Waals surface area (Å²) in [5.41, 5.74) is 1.31. The number of benzene rings is 1. The standard InChI is InChI=1S/C20H30O3/c1-6-14-7-9-15(10-8-14)18-13-16(22-5)11-12-17(18)19(21)23-20(2,3)4/h11-15H,6-10H2,1-5H3. The monoisotopic (exact) mass is 318 g/mol. The van der Waals surface area contributed by atoms with Gasteiger partial charge < -0.3 is 9.47 Å². The fraction of sp³-hybridized carbons (Fsp3) is 0.650. The van der Waals surface area contributed by atoms with Crippen molar-refractivity contribution in [2.45, 2.75) is 71.3 Å². The maximum absolute atomic E-state index is 12.6. The molecule has 0 unspecified atom stereocenters. The minimum atomic E-state index is -0.478. The van der Waals surface area contributed by atoms with E-state index in [1.165, 1.54) is 19.3 Å². The molecule has 0 saturated heterocycles. The molecule has 23 heavy (non-hydrogen) atoms. The summed E-state index contributed by atoms with van der Waals surface area (Å²) in [6, 6.07) is 5.73. The predicted octanol–water partition coefficient (Wildman–Crippen LogP) is 5.33. The summed E-state index contributed by atoms with van der Waals surface area (Å²) in [7, 11) is 1.67. The number of methoxy groups -OCH3 is 1. The molecule has 0 heterocycles. The lowest BCUT2D eigenvalue weighted by Crippen LogP contribution is -2.25. The molecule has 3 heteroatoms. The van der Waals surface area contributed by atoms with Gasteiger partial charge in [-0.3, -0.25) is 0 Å². The van der Waals surface area contributed by atoms with Gasteiger partial charge in [0.2, 0.25) is 0 Å². The Bertz CT molecular complexity index is 534. The van der Waals surface area contributed by atoms with Crippen LogP contribution in [0, 0.1) is 5.92 Å². The van der Waals surface area contributed by atoms with Crippen molar-refractivity contribution in [2.75, 3.05) is 7.11 Å². The van der Waals surface area contributed by atoms with Crippen molar-refractivity contribution in [3.63, 3.8) is 0 Å². The van der Waals surface area contributed by atoms with Crippen molar-refractivity contribution in [1.82, 2.24) is 0 Å². The summed E-state index contributed by atoms with van der Waals surface area (Å²) in [5.74, 6) is 1.84. The van der Waals surface area contributed by atoms with Crippen LogP contribution in [0.3, 0.4) is 0 Å². The molecule has 0 atom stereocenters. The lowest BCUT2D eigenvalue weighted by Gasteiger charge is -2.30. The second kappa shape index (κ2) is 7.37. The second-order valence-corrected chi connectivity index (χ2v) is 7.58. The highest BCUT2D eigenvalue weighted by molar-refractivity contribution is 5.91. The number of hydrogen-bond acceptors (Lipinski definition) is 3. The molecule has 0 aliphatic heterocycles. The summed E-state index contributed by atoms with van der Waals surface area (Å²) in [6.07, 6.45) is 6.02. The van der Waals surface area contributed by atoms with E-state index >= 15 is 0 Å². The molecule has 0 N–H and O–H groups in total. The molecular weight excluding hydrogens is 288 g/mol. The molecule has 3 nitrogen and oxygen atoms in total. The van der Waals surface area contributed by atoms with Gasteiger partial charge in [-0.05, 0) is 82.1 Å². The number of carbonyl (C=O) groups excluding carboxylic acids is 1. The first kappa shape index (κ1) is 17.8. The van der Waals surface area contributed by atoms with E-state index in [9.17, 15) is 4.79 Å². The Hall–Kier alpha value is -1.51. The molecular formula is C20H30O3. The average Bonchev–Trinajstić information content (AvgIpc) is 2.52. The van der Waals surface area contributed by atoms with Crippen LogP contribution in [0.1, 0.15) is 81.6 Å². The van der Waals surface area contributed by atoms with E-state index in [-0.39, 0.29) is 5.97 Å². The molecule has 1 saturated carbocycles. The summed E-state index contributed by atoms with van der Waals surface area (Å²) >= 11 is 0. The van der Waals surface area contributed by atoms with Crippen molar-refractivity contribution in [3.05, 3.63) is 29.3 Å². The largest absolute Gasteiger partial charge is 0.497 e. The van der Waals surface area contributed by atoms with E-state index in [1.54, 1.807) is 7.11 Å². The Balaban J connectivity index is 2.27. The number of hydrogen-bond donors (Lipinski definition) is 0. The van der Waals surface area contributed by atoms with Crippen LogP contribution < -0.4 is 4.74 Å². The number of carbonyl (C=O) groups is 1. The number of rotatable bonds is 4. The van der Waals surface area contributed by atoms with Gasteiger partial charge in [0.15, 0.2) is 0 Å². The molecule has 0 amide bonds. The Morgan fingerprint density at radius 1 is 1.17 bits per heavy atom. The Morgan fingerprint density at radius 2 is 1.83 bits per heavy atom. The second-order valence-electron chi connectivity index (χ2n) is 7.58. The average molecular weight is 318 g/mol. The third-order valence-electron chi connectivity index (χ3n) is 4.74. The highest BCUT2D eigenvalue weighted by atomic mass is 16.6. The molecule has 1 aliphatic carbocycles. The lowest BCUT2D eigenvalue weighted by molar-refractivity contribution is 0.00674. The van der Waals surface area contributed by atoms with Gasteiger partial charge in [0.25, 0.3) is 0 Å². The van der Waals surface area contributed by atoms with Crippen LogP contribution in [0.25, 0.3) is 0 Å². The van der Waals surface area contributed by atoms with Crippen molar-refractivity contribution < 1.29 is 14.3 Å². The zero-order chi connectivity index (χ0) is 17.0. The molecule has 0 spiro atoms. The molecule has 1 aliphatic rings. The molecule has 2 rings (SSSR count). The SMILES string of the molecule is CCC1CCC(c2cc(OC)ccc2C(=O)OC(C)(C)C)CC1. The molecule has 128 valence electrons. The zero-order valence-electron chi connectivity index (χ0n) is 15.1. The van der Waals surface area contributed by atoms with E-state index in [4.69, 9.17) is 9.47 Å². The van der Waals surface area contributed by atoms with Crippen molar-refractivity contribution in [3.8, 4) is 5.75 Å². The Morgan fingerprint density at radius 3 is 2.35 bits per heavy atom. The van der Waals surface area contributed by atoms with Crippen LogP contribution in [0.4, 0.5) is 0 Å². The smallest absolute Gasteiger partial charge is 0.338 e. The van der Waals surface area contributed by atoms with Crippen LogP contribution in [-0.2, 0) is 4.74 Å². The third kappa shape index (κ3) is 4.73. The van der Waals surface area contributed by atoms with Crippen molar-refractivity contribution in [2.24, 2.45) is 5.92 Å². The Labute approximate surface area is 140 Å². The predicted molar refractivity (Wildman–Crippen MR) is 93.2 cm³/mol. The summed E-state index contributed by atoms with van der Waals surface area (Å²) in [6.45, 7) is 7.98. The maximum atomic E-state index is 12.6. The van der Waals surface area contributed by atoms with Crippen LogP contribution >= 0.6 is 0 Å². The molecule has 1 aromatic carbocycles. The Kier molecular flexibility index (Phi) is 5.72. The quantitative estimate of drug-likeness (QED) is 0.703. The molecule has 1 aromatic rings. The first-order chi connectivity index (χ1) is 10.8. The number of ether oxygens (including phenoxy) is 2. The van der Waals surface area contributed by atoms with E-state index in [0.717, 1.165) is 30.1 Å². The van der Waals surface area contributed by atoms with Gasteiger partial charge in [-0.1, -0.05) is 13.3 Å². The molecule has 0 bridgehead atoms. The van der Waals surface area contributed by atoms with Gasteiger partial charge in [0.05, 0.1) is 12.7 Å². The summed E-state index contributed by atoms with van der Waals surface area (Å²) in [5, 5.41) is 0. The van der Waals surface area contributed by atoms with Gasteiger partial charge in [0.1, 0.15) is 11.4 Å². The lowest BCUT2D eigenvalue weighted by atomic mass is 9.76. The number of esters is 1. The minimum Gasteiger partial charge on any atom is -0.497 e. The normalized spacial score (nSPS) is 21.8. The van der Waals surface area contributed by atoms with Gasteiger partial charge in [-0.25, -0.2) is 4.79 Å². The highest BCUT2D eigenvalue weighted by Gasteiger charge is 2.27. The minimum absolute atomic E-state index is 0.229. The summed E-state index contributed by atoms with van der Waals surface area (Å²) in [4.78, 5) is 12.6. The van der Waals surface area contributed by atoms with Gasteiger partial charge >= 0.3 is 5.97 Å². The fourth-order valence-corrected chi connectivity index (χ4v) is 3.41. The van der Waals surface area contributed by atoms with Gasteiger partial charge in [0, 0.05) is 0 Å². The van der Waals surface area contributed by atoms with Crippen molar-refractivity contribution >= 4 is 5.97 Å². The topological polar surface area (TPSA) is 35.5 Å². The fourth-order valence-electron chi connectivity index (χ4n) is 3.41. The summed E-state index contributed by atoms with van der Waals surface area (Å²) < 4.78 is 11.0. The molecule has 0 aromatic heterocycles. The van der Waals surface area contributed by atoms with Crippen LogP contribution in [0.5, 0.6) is 5.75 Å².